The molecule has 132 valence electrons. The van der Waals surface area contributed by atoms with Gasteiger partial charge < -0.3 is 10.1 Å². The second-order valence-electron chi connectivity index (χ2n) is 5.27. The van der Waals surface area contributed by atoms with Crippen molar-refractivity contribution in [1.29, 1.82) is 0 Å². The van der Waals surface area contributed by atoms with Gasteiger partial charge in [0.2, 0.25) is 10.0 Å². The number of amides is 1. The molecule has 0 aliphatic rings. The number of carbonyl (C=O) groups is 2. The molecule has 0 unspecified atom stereocenters. The third-order valence-corrected chi connectivity index (χ3v) is 4.72. The highest BCUT2D eigenvalue weighted by molar-refractivity contribution is 7.92. The van der Waals surface area contributed by atoms with Gasteiger partial charge in [0, 0.05) is 12.7 Å². The van der Waals surface area contributed by atoms with E-state index in [9.17, 15) is 18.0 Å². The van der Waals surface area contributed by atoms with Crippen LogP contribution in [0.4, 0.5) is 11.4 Å². The maximum Gasteiger partial charge on any atom is 0.337 e. The van der Waals surface area contributed by atoms with Crippen LogP contribution < -0.4 is 9.62 Å². The van der Waals surface area contributed by atoms with Crippen LogP contribution >= 0.6 is 0 Å². The van der Waals surface area contributed by atoms with Crippen LogP contribution in [0.25, 0.3) is 0 Å². The van der Waals surface area contributed by atoms with Gasteiger partial charge in [0.25, 0.3) is 5.91 Å². The number of rotatable bonds is 5. The summed E-state index contributed by atoms with van der Waals surface area (Å²) in [6, 6.07) is 12.6. The number of hydrogen-bond donors (Lipinski definition) is 1. The number of sulfonamides is 1. The summed E-state index contributed by atoms with van der Waals surface area (Å²) in [5.74, 6) is -1.01. The largest absolute Gasteiger partial charge is 0.465 e. The van der Waals surface area contributed by atoms with E-state index in [0.717, 1.165) is 10.6 Å². The number of methoxy groups -OCH3 is 1. The fourth-order valence-corrected chi connectivity index (χ4v) is 2.68. The van der Waals surface area contributed by atoms with Crippen molar-refractivity contribution in [2.45, 2.75) is 0 Å². The lowest BCUT2D eigenvalue weighted by molar-refractivity contribution is 0.0600. The Hall–Kier alpha value is -2.87. The van der Waals surface area contributed by atoms with E-state index in [4.69, 9.17) is 0 Å². The van der Waals surface area contributed by atoms with Crippen LogP contribution in [0, 0.1) is 0 Å². The number of anilines is 2. The van der Waals surface area contributed by atoms with Crippen molar-refractivity contribution in [2.24, 2.45) is 0 Å². The van der Waals surface area contributed by atoms with Crippen molar-refractivity contribution in [3.8, 4) is 0 Å². The van der Waals surface area contributed by atoms with E-state index >= 15 is 0 Å². The number of hydrogen-bond acceptors (Lipinski definition) is 5. The lowest BCUT2D eigenvalue weighted by atomic mass is 10.1. The Morgan fingerprint density at radius 3 is 2.40 bits per heavy atom. The monoisotopic (exact) mass is 362 g/mol. The quantitative estimate of drug-likeness (QED) is 0.823. The van der Waals surface area contributed by atoms with Gasteiger partial charge in [-0.2, -0.15) is 0 Å². The molecular formula is C17H18N2O5S. The summed E-state index contributed by atoms with van der Waals surface area (Å²) in [5, 5.41) is 2.66. The van der Waals surface area contributed by atoms with Crippen molar-refractivity contribution >= 4 is 33.3 Å². The summed E-state index contributed by atoms with van der Waals surface area (Å²) in [7, 11) is -0.871. The van der Waals surface area contributed by atoms with E-state index in [1.807, 2.05) is 0 Å². The molecule has 0 aliphatic carbocycles. The van der Waals surface area contributed by atoms with Gasteiger partial charge in [-0.1, -0.05) is 18.2 Å². The van der Waals surface area contributed by atoms with Gasteiger partial charge in [-0.15, -0.1) is 0 Å². The summed E-state index contributed by atoms with van der Waals surface area (Å²) in [4.78, 5) is 24.1. The molecule has 0 aromatic heterocycles. The van der Waals surface area contributed by atoms with Crippen LogP contribution in [0.3, 0.4) is 0 Å². The molecule has 2 aromatic carbocycles. The number of benzene rings is 2. The number of para-hydroxylation sites is 1. The molecule has 0 heterocycles. The molecule has 0 atom stereocenters. The molecule has 0 radical (unpaired) electrons. The Labute approximate surface area is 146 Å². The minimum Gasteiger partial charge on any atom is -0.465 e. The predicted octanol–water partition coefficient (Wildman–Crippen LogP) is 2.12. The Balaban J connectivity index is 2.33. The highest BCUT2D eigenvalue weighted by atomic mass is 32.2. The third-order valence-electron chi connectivity index (χ3n) is 3.53. The van der Waals surface area contributed by atoms with E-state index in [1.54, 1.807) is 36.4 Å². The molecular weight excluding hydrogens is 344 g/mol. The first-order chi connectivity index (χ1) is 11.7. The molecule has 1 amide bonds. The van der Waals surface area contributed by atoms with Gasteiger partial charge in [-0.3, -0.25) is 9.10 Å². The summed E-state index contributed by atoms with van der Waals surface area (Å²) in [5.41, 5.74) is 1.14. The van der Waals surface area contributed by atoms with E-state index in [-0.39, 0.29) is 11.3 Å². The molecule has 2 rings (SSSR count). The summed E-state index contributed by atoms with van der Waals surface area (Å²) in [6.07, 6.45) is 1.06. The van der Waals surface area contributed by atoms with Gasteiger partial charge in [-0.25, -0.2) is 13.2 Å². The molecule has 0 spiro atoms. The van der Waals surface area contributed by atoms with Crippen molar-refractivity contribution in [2.75, 3.05) is 30.0 Å². The first-order valence-corrected chi connectivity index (χ1v) is 9.11. The van der Waals surface area contributed by atoms with Gasteiger partial charge >= 0.3 is 5.97 Å². The highest BCUT2D eigenvalue weighted by Crippen LogP contribution is 2.23. The van der Waals surface area contributed by atoms with E-state index in [1.165, 1.54) is 26.3 Å². The first kappa shape index (κ1) is 18.5. The Bertz CT molecular complexity index is 909. The minimum absolute atomic E-state index is 0.193. The molecule has 0 fully saturated rings. The Kier molecular flexibility index (Phi) is 5.43. The molecule has 25 heavy (non-hydrogen) atoms. The Morgan fingerprint density at radius 1 is 1.08 bits per heavy atom. The maximum atomic E-state index is 12.6. The van der Waals surface area contributed by atoms with Gasteiger partial charge in [0.1, 0.15) is 0 Å². The number of carbonyl (C=O) groups excluding carboxylic acids is 2. The van der Waals surface area contributed by atoms with E-state index < -0.39 is 21.9 Å². The van der Waals surface area contributed by atoms with Crippen LogP contribution in [0.1, 0.15) is 20.7 Å². The molecule has 1 N–H and O–H groups in total. The Morgan fingerprint density at radius 2 is 1.76 bits per heavy atom. The fourth-order valence-electron chi connectivity index (χ4n) is 2.16. The summed E-state index contributed by atoms with van der Waals surface area (Å²) >= 11 is 0. The summed E-state index contributed by atoms with van der Waals surface area (Å²) in [6.45, 7) is 0. The van der Waals surface area contributed by atoms with Crippen molar-refractivity contribution in [3.05, 3.63) is 59.7 Å². The summed E-state index contributed by atoms with van der Waals surface area (Å²) < 4.78 is 29.2. The number of ether oxygens (including phenoxy) is 1. The number of nitrogens with one attached hydrogen (secondary N) is 1. The van der Waals surface area contributed by atoms with Crippen molar-refractivity contribution in [3.63, 3.8) is 0 Å². The van der Waals surface area contributed by atoms with E-state index in [2.05, 4.69) is 10.1 Å². The zero-order valence-corrected chi connectivity index (χ0v) is 14.8. The molecule has 7 nitrogen and oxygen atoms in total. The number of nitrogens with zero attached hydrogens (tertiary/aromatic N) is 1. The highest BCUT2D eigenvalue weighted by Gasteiger charge is 2.19. The van der Waals surface area contributed by atoms with Crippen molar-refractivity contribution in [1.82, 2.24) is 0 Å². The van der Waals surface area contributed by atoms with Crippen LogP contribution in [0.5, 0.6) is 0 Å². The fraction of sp³-hybridized carbons (Fsp3) is 0.176. The first-order valence-electron chi connectivity index (χ1n) is 7.26. The molecule has 0 bridgehead atoms. The standard InChI is InChI=1S/C17H18N2O5S/c1-19(25(3,22)23)15-10-5-4-9-14(15)16(20)18-13-8-6-7-12(11-13)17(21)24-2/h4-11H,1-3H3,(H,18,20). The van der Waals surface area contributed by atoms with Crippen LogP contribution in [-0.2, 0) is 14.8 Å². The molecule has 0 saturated heterocycles. The molecule has 8 heteroatoms. The van der Waals surface area contributed by atoms with E-state index in [0.29, 0.717) is 11.3 Å². The van der Waals surface area contributed by atoms with Crippen LogP contribution in [-0.4, -0.2) is 40.7 Å². The average molecular weight is 362 g/mol. The number of esters is 1. The predicted molar refractivity (Wildman–Crippen MR) is 95.4 cm³/mol. The topological polar surface area (TPSA) is 92.8 Å². The average Bonchev–Trinajstić information content (AvgIpc) is 2.59. The molecule has 0 saturated carbocycles. The maximum absolute atomic E-state index is 12.6. The van der Waals surface area contributed by atoms with Crippen molar-refractivity contribution < 1.29 is 22.7 Å². The minimum atomic E-state index is -3.51. The van der Waals surface area contributed by atoms with Gasteiger partial charge in [0.05, 0.1) is 30.2 Å². The van der Waals surface area contributed by atoms with Crippen LogP contribution in [0.15, 0.2) is 48.5 Å². The molecule has 0 aliphatic heterocycles. The normalized spacial score (nSPS) is 10.8. The van der Waals surface area contributed by atoms with Gasteiger partial charge in [0.15, 0.2) is 0 Å². The lowest BCUT2D eigenvalue weighted by Crippen LogP contribution is -2.27. The smallest absolute Gasteiger partial charge is 0.337 e. The molecule has 2 aromatic rings. The second kappa shape index (κ2) is 7.35. The zero-order valence-electron chi connectivity index (χ0n) is 14.0. The lowest BCUT2D eigenvalue weighted by Gasteiger charge is -2.19. The zero-order chi connectivity index (χ0) is 18.6. The SMILES string of the molecule is COC(=O)c1cccc(NC(=O)c2ccccc2N(C)S(C)(=O)=O)c1. The van der Waals surface area contributed by atoms with Crippen LogP contribution in [0.2, 0.25) is 0 Å². The van der Waals surface area contributed by atoms with Gasteiger partial charge in [-0.05, 0) is 30.3 Å². The third kappa shape index (κ3) is 4.36. The second-order valence-corrected chi connectivity index (χ2v) is 7.29.